The van der Waals surface area contributed by atoms with Crippen molar-refractivity contribution in [2.45, 2.75) is 18.9 Å². The average Bonchev–Trinajstić information content (AvgIpc) is 2.06. The molecular formula is C8H12N2O. The predicted molar refractivity (Wildman–Crippen MR) is 41.9 cm³/mol. The third-order valence-corrected chi connectivity index (χ3v) is 2.28. The van der Waals surface area contributed by atoms with Crippen LogP contribution in [0.3, 0.4) is 0 Å². The highest BCUT2D eigenvalue weighted by molar-refractivity contribution is 5.82. The summed E-state index contributed by atoms with van der Waals surface area (Å²) in [6.07, 6.45) is 6.19. The van der Waals surface area contributed by atoms with E-state index in [0.29, 0.717) is 0 Å². The van der Waals surface area contributed by atoms with Gasteiger partial charge in [-0.25, -0.2) is 0 Å². The second-order valence-corrected chi connectivity index (χ2v) is 3.01. The number of amides is 1. The number of fused-ring (bicyclic) bond motifs is 1. The van der Waals surface area contributed by atoms with Gasteiger partial charge in [0.1, 0.15) is 6.04 Å². The normalized spacial score (nSPS) is 29.6. The van der Waals surface area contributed by atoms with Crippen LogP contribution in [0.2, 0.25) is 0 Å². The second-order valence-electron chi connectivity index (χ2n) is 3.01. The van der Waals surface area contributed by atoms with Crippen LogP contribution in [0, 0.1) is 0 Å². The van der Waals surface area contributed by atoms with Gasteiger partial charge in [0.15, 0.2) is 0 Å². The van der Waals surface area contributed by atoms with Crippen LogP contribution >= 0.6 is 0 Å². The van der Waals surface area contributed by atoms with Crippen LogP contribution in [0.4, 0.5) is 0 Å². The maximum absolute atomic E-state index is 11.2. The molecule has 1 saturated heterocycles. The summed E-state index contributed by atoms with van der Waals surface area (Å²) in [4.78, 5) is 13.4. The second kappa shape index (κ2) is 2.57. The van der Waals surface area contributed by atoms with E-state index >= 15 is 0 Å². The smallest absolute Gasteiger partial charge is 0.242 e. The third kappa shape index (κ3) is 1.11. The zero-order valence-corrected chi connectivity index (χ0v) is 6.42. The van der Waals surface area contributed by atoms with E-state index in [-0.39, 0.29) is 11.9 Å². The Balaban J connectivity index is 2.15. The van der Waals surface area contributed by atoms with Gasteiger partial charge in [-0.3, -0.25) is 4.79 Å². The molecule has 0 aromatic carbocycles. The summed E-state index contributed by atoms with van der Waals surface area (Å²) in [5, 5.41) is 2.87. The number of rotatable bonds is 0. The van der Waals surface area contributed by atoms with Crippen molar-refractivity contribution >= 4 is 5.91 Å². The molecule has 1 N–H and O–H groups in total. The van der Waals surface area contributed by atoms with Crippen molar-refractivity contribution in [2.75, 3.05) is 13.1 Å². The first kappa shape index (κ1) is 6.70. The molecule has 2 aliphatic heterocycles. The molecule has 60 valence electrons. The van der Waals surface area contributed by atoms with Gasteiger partial charge in [0, 0.05) is 13.1 Å². The van der Waals surface area contributed by atoms with Gasteiger partial charge in [-0.2, -0.15) is 0 Å². The largest absolute Gasteiger partial charge is 0.364 e. The minimum absolute atomic E-state index is 0.119. The van der Waals surface area contributed by atoms with E-state index in [0.717, 1.165) is 25.9 Å². The van der Waals surface area contributed by atoms with E-state index in [2.05, 4.69) is 16.3 Å². The molecule has 0 unspecified atom stereocenters. The molecule has 0 aliphatic carbocycles. The van der Waals surface area contributed by atoms with Crippen LogP contribution in [0.15, 0.2) is 12.3 Å². The molecule has 2 heterocycles. The fraction of sp³-hybridized carbons (Fsp3) is 0.625. The van der Waals surface area contributed by atoms with E-state index in [4.69, 9.17) is 0 Å². The lowest BCUT2D eigenvalue weighted by atomic mass is 10.0. The Labute approximate surface area is 66.1 Å². The van der Waals surface area contributed by atoms with Crippen molar-refractivity contribution in [1.82, 2.24) is 10.2 Å². The third-order valence-electron chi connectivity index (χ3n) is 2.28. The molecule has 1 fully saturated rings. The van der Waals surface area contributed by atoms with Gasteiger partial charge in [0.25, 0.3) is 0 Å². The van der Waals surface area contributed by atoms with E-state index in [1.54, 1.807) is 0 Å². The molecule has 0 radical (unpaired) electrons. The summed E-state index contributed by atoms with van der Waals surface area (Å²) in [6, 6.07) is 0.119. The van der Waals surface area contributed by atoms with Crippen molar-refractivity contribution in [3.63, 3.8) is 0 Å². The minimum Gasteiger partial charge on any atom is -0.364 e. The lowest BCUT2D eigenvalue weighted by molar-refractivity contribution is -0.128. The van der Waals surface area contributed by atoms with Crippen LogP contribution in [-0.4, -0.2) is 29.9 Å². The Bertz CT molecular complexity index is 200. The summed E-state index contributed by atoms with van der Waals surface area (Å²) in [5.41, 5.74) is 0. The highest BCUT2D eigenvalue weighted by atomic mass is 16.2. The standard InChI is InChI=1S/C8H12N2O/c11-8-7-3-1-2-5-10(7)6-4-9-8/h2,5,7H,1,3-4,6H2,(H,9,11)/t7-/m0/s1. The number of piperazine rings is 1. The number of nitrogens with zero attached hydrogens (tertiary/aromatic N) is 1. The minimum atomic E-state index is 0.119. The van der Waals surface area contributed by atoms with Crippen molar-refractivity contribution in [1.29, 1.82) is 0 Å². The molecule has 3 nitrogen and oxygen atoms in total. The fourth-order valence-electron chi connectivity index (χ4n) is 1.67. The van der Waals surface area contributed by atoms with E-state index in [1.807, 2.05) is 6.20 Å². The Kier molecular flexibility index (Phi) is 1.56. The number of carbonyl (C=O) groups excluding carboxylic acids is 1. The Morgan fingerprint density at radius 3 is 3.36 bits per heavy atom. The predicted octanol–water partition coefficient (Wildman–Crippen LogP) is 0.0943. The molecule has 2 aliphatic rings. The molecule has 0 aromatic rings. The van der Waals surface area contributed by atoms with Crippen LogP contribution in [-0.2, 0) is 4.79 Å². The van der Waals surface area contributed by atoms with Crippen LogP contribution in [0.25, 0.3) is 0 Å². The Hall–Kier alpha value is -0.990. The van der Waals surface area contributed by atoms with Crippen molar-refractivity contribution < 1.29 is 4.79 Å². The van der Waals surface area contributed by atoms with Gasteiger partial charge in [0.05, 0.1) is 0 Å². The molecule has 11 heavy (non-hydrogen) atoms. The maximum atomic E-state index is 11.2. The molecule has 0 spiro atoms. The Morgan fingerprint density at radius 2 is 2.55 bits per heavy atom. The van der Waals surface area contributed by atoms with Crippen LogP contribution in [0.5, 0.6) is 0 Å². The fourth-order valence-corrected chi connectivity index (χ4v) is 1.67. The van der Waals surface area contributed by atoms with Gasteiger partial charge in [0.2, 0.25) is 5.91 Å². The Morgan fingerprint density at radius 1 is 1.64 bits per heavy atom. The number of nitrogens with one attached hydrogen (secondary N) is 1. The number of allylic oxidation sites excluding steroid dienone is 1. The highest BCUT2D eigenvalue weighted by Gasteiger charge is 2.28. The molecule has 0 saturated carbocycles. The number of hydrogen-bond donors (Lipinski definition) is 1. The summed E-state index contributed by atoms with van der Waals surface area (Å²) in [7, 11) is 0. The van der Waals surface area contributed by atoms with Crippen LogP contribution in [0.1, 0.15) is 12.8 Å². The van der Waals surface area contributed by atoms with Gasteiger partial charge < -0.3 is 10.2 Å². The lowest BCUT2D eigenvalue weighted by Crippen LogP contribution is -2.53. The number of hydrogen-bond acceptors (Lipinski definition) is 2. The molecule has 2 rings (SSSR count). The lowest BCUT2D eigenvalue weighted by Gasteiger charge is -2.36. The zero-order valence-electron chi connectivity index (χ0n) is 6.42. The van der Waals surface area contributed by atoms with Crippen molar-refractivity contribution in [2.24, 2.45) is 0 Å². The SMILES string of the molecule is O=C1NCCN2C=CCC[C@@H]12. The molecule has 1 atom stereocenters. The molecule has 0 bridgehead atoms. The summed E-state index contributed by atoms with van der Waals surface area (Å²) in [5.74, 6) is 0.195. The topological polar surface area (TPSA) is 32.3 Å². The molecule has 1 amide bonds. The van der Waals surface area contributed by atoms with E-state index in [9.17, 15) is 4.79 Å². The van der Waals surface area contributed by atoms with Crippen molar-refractivity contribution in [3.05, 3.63) is 12.3 Å². The van der Waals surface area contributed by atoms with E-state index in [1.165, 1.54) is 0 Å². The molecule has 3 heteroatoms. The quantitative estimate of drug-likeness (QED) is 0.533. The molecular weight excluding hydrogens is 140 g/mol. The summed E-state index contributed by atoms with van der Waals surface area (Å²) in [6.45, 7) is 1.76. The maximum Gasteiger partial charge on any atom is 0.242 e. The van der Waals surface area contributed by atoms with Crippen LogP contribution < -0.4 is 5.32 Å². The van der Waals surface area contributed by atoms with E-state index < -0.39 is 0 Å². The summed E-state index contributed by atoms with van der Waals surface area (Å²) < 4.78 is 0. The first-order valence-electron chi connectivity index (χ1n) is 4.08. The average molecular weight is 152 g/mol. The monoisotopic (exact) mass is 152 g/mol. The first-order chi connectivity index (χ1) is 5.38. The molecule has 0 aromatic heterocycles. The van der Waals surface area contributed by atoms with Crippen molar-refractivity contribution in [3.8, 4) is 0 Å². The van der Waals surface area contributed by atoms with Gasteiger partial charge in [-0.15, -0.1) is 0 Å². The first-order valence-corrected chi connectivity index (χ1v) is 4.08. The van der Waals surface area contributed by atoms with Gasteiger partial charge >= 0.3 is 0 Å². The van der Waals surface area contributed by atoms with Gasteiger partial charge in [-0.1, -0.05) is 6.08 Å². The van der Waals surface area contributed by atoms with Gasteiger partial charge in [-0.05, 0) is 19.0 Å². The zero-order chi connectivity index (χ0) is 7.68. The summed E-state index contributed by atoms with van der Waals surface area (Å²) >= 11 is 0. The highest BCUT2D eigenvalue weighted by Crippen LogP contribution is 2.16. The number of carbonyl (C=O) groups is 1.